The molecule has 23 heavy (non-hydrogen) atoms. The van der Waals surface area contributed by atoms with E-state index in [1.807, 2.05) is 4.72 Å². The number of carbonyl (C=O) groups excluding carboxylic acids is 1. The standard InChI is InChI=1S/C15H11Cl2NO4S/c16-11-5-6-12(13(17)9-11)15(20)18-23(21,22)8-7-10-3-1-2-4-14(10)19/h1-9,19H,(H,18,20). The number of rotatable bonds is 4. The van der Waals surface area contributed by atoms with Crippen molar-refractivity contribution in [1.29, 1.82) is 0 Å². The van der Waals surface area contributed by atoms with Crippen LogP contribution in [0.3, 0.4) is 0 Å². The van der Waals surface area contributed by atoms with Crippen LogP contribution in [0.2, 0.25) is 10.0 Å². The fourth-order valence-electron chi connectivity index (χ4n) is 1.68. The van der Waals surface area contributed by atoms with Crippen molar-refractivity contribution >= 4 is 45.2 Å². The van der Waals surface area contributed by atoms with E-state index < -0.39 is 15.9 Å². The topological polar surface area (TPSA) is 83.5 Å². The summed E-state index contributed by atoms with van der Waals surface area (Å²) in [6.45, 7) is 0. The number of halogens is 2. The van der Waals surface area contributed by atoms with Gasteiger partial charge in [0.15, 0.2) is 0 Å². The van der Waals surface area contributed by atoms with Crippen LogP contribution in [0.25, 0.3) is 6.08 Å². The van der Waals surface area contributed by atoms with Gasteiger partial charge in [0.1, 0.15) is 5.75 Å². The highest BCUT2D eigenvalue weighted by Gasteiger charge is 2.16. The van der Waals surface area contributed by atoms with E-state index in [-0.39, 0.29) is 16.3 Å². The summed E-state index contributed by atoms with van der Waals surface area (Å²) in [4.78, 5) is 12.0. The first kappa shape index (κ1) is 17.3. The smallest absolute Gasteiger partial charge is 0.266 e. The zero-order valence-electron chi connectivity index (χ0n) is 11.5. The van der Waals surface area contributed by atoms with Crippen molar-refractivity contribution in [3.63, 3.8) is 0 Å². The minimum atomic E-state index is -4.05. The van der Waals surface area contributed by atoms with E-state index in [4.69, 9.17) is 23.2 Å². The van der Waals surface area contributed by atoms with Crippen LogP contribution in [-0.4, -0.2) is 19.4 Å². The van der Waals surface area contributed by atoms with Gasteiger partial charge in [-0.3, -0.25) is 4.79 Å². The van der Waals surface area contributed by atoms with Crippen molar-refractivity contribution in [1.82, 2.24) is 4.72 Å². The molecule has 0 heterocycles. The number of nitrogens with one attached hydrogen (secondary N) is 1. The maximum Gasteiger partial charge on any atom is 0.266 e. The third-order valence-electron chi connectivity index (χ3n) is 2.77. The number of sulfonamides is 1. The van der Waals surface area contributed by atoms with Crippen LogP contribution in [0.5, 0.6) is 5.75 Å². The molecule has 0 saturated heterocycles. The van der Waals surface area contributed by atoms with Crippen molar-refractivity contribution in [2.45, 2.75) is 0 Å². The summed E-state index contributed by atoms with van der Waals surface area (Å²) in [5, 5.41) is 10.7. The molecule has 2 aromatic carbocycles. The molecule has 0 aromatic heterocycles. The Hall–Kier alpha value is -2.02. The number of carbonyl (C=O) groups is 1. The molecule has 0 bridgehead atoms. The Morgan fingerprint density at radius 2 is 1.83 bits per heavy atom. The molecule has 2 aromatic rings. The van der Waals surface area contributed by atoms with Crippen molar-refractivity contribution in [2.24, 2.45) is 0 Å². The summed E-state index contributed by atoms with van der Waals surface area (Å²) < 4.78 is 25.7. The van der Waals surface area contributed by atoms with Gasteiger partial charge in [-0.1, -0.05) is 41.4 Å². The van der Waals surface area contributed by atoms with Crippen LogP contribution in [0, 0.1) is 0 Å². The number of para-hydroxylation sites is 1. The Kier molecular flexibility index (Phi) is 5.30. The molecule has 5 nitrogen and oxygen atoms in total. The predicted molar refractivity (Wildman–Crippen MR) is 90.0 cm³/mol. The number of aromatic hydroxyl groups is 1. The van der Waals surface area contributed by atoms with E-state index in [0.29, 0.717) is 10.6 Å². The van der Waals surface area contributed by atoms with Gasteiger partial charge < -0.3 is 5.11 Å². The maximum absolute atomic E-state index is 12.0. The molecule has 0 atom stereocenters. The quantitative estimate of drug-likeness (QED) is 0.861. The lowest BCUT2D eigenvalue weighted by atomic mass is 10.2. The van der Waals surface area contributed by atoms with Gasteiger partial charge in [0.2, 0.25) is 0 Å². The molecule has 0 unspecified atom stereocenters. The van der Waals surface area contributed by atoms with Gasteiger partial charge in [0.05, 0.1) is 16.0 Å². The van der Waals surface area contributed by atoms with Gasteiger partial charge in [0.25, 0.3) is 15.9 Å². The zero-order chi connectivity index (χ0) is 17.0. The molecule has 1 amide bonds. The summed E-state index contributed by atoms with van der Waals surface area (Å²) in [7, 11) is -4.05. The predicted octanol–water partition coefficient (Wildman–Crippen LogP) is 3.43. The van der Waals surface area contributed by atoms with Crippen LogP contribution in [-0.2, 0) is 10.0 Å². The second kappa shape index (κ2) is 7.04. The van der Waals surface area contributed by atoms with E-state index in [0.717, 1.165) is 5.41 Å². The largest absolute Gasteiger partial charge is 0.507 e. The van der Waals surface area contributed by atoms with E-state index in [2.05, 4.69) is 0 Å². The number of phenolic OH excluding ortho intramolecular Hbond substituents is 1. The Morgan fingerprint density at radius 1 is 1.13 bits per heavy atom. The molecule has 2 rings (SSSR count). The second-order valence-electron chi connectivity index (χ2n) is 4.46. The van der Waals surface area contributed by atoms with Gasteiger partial charge in [0, 0.05) is 10.6 Å². The van der Waals surface area contributed by atoms with Gasteiger partial charge in [-0.15, -0.1) is 0 Å². The van der Waals surface area contributed by atoms with Gasteiger partial charge >= 0.3 is 0 Å². The van der Waals surface area contributed by atoms with E-state index in [9.17, 15) is 18.3 Å². The number of hydrogen-bond acceptors (Lipinski definition) is 4. The minimum Gasteiger partial charge on any atom is -0.507 e. The van der Waals surface area contributed by atoms with Gasteiger partial charge in [-0.05, 0) is 30.3 Å². The molecule has 120 valence electrons. The molecule has 8 heteroatoms. The highest BCUT2D eigenvalue weighted by atomic mass is 35.5. The third kappa shape index (κ3) is 4.72. The Balaban J connectivity index is 2.18. The molecular formula is C15H11Cl2NO4S. The van der Waals surface area contributed by atoms with Gasteiger partial charge in [-0.25, -0.2) is 13.1 Å². The first-order valence-electron chi connectivity index (χ1n) is 6.27. The average molecular weight is 372 g/mol. The fourth-order valence-corrected chi connectivity index (χ4v) is 2.94. The van der Waals surface area contributed by atoms with E-state index in [1.54, 1.807) is 12.1 Å². The number of phenols is 1. The van der Waals surface area contributed by atoms with Crippen molar-refractivity contribution in [3.8, 4) is 5.75 Å². The summed E-state index contributed by atoms with van der Waals surface area (Å²) >= 11 is 11.6. The normalized spacial score (nSPS) is 11.6. The van der Waals surface area contributed by atoms with Crippen LogP contribution in [0.15, 0.2) is 47.9 Å². The highest BCUT2D eigenvalue weighted by molar-refractivity contribution is 7.93. The minimum absolute atomic E-state index is 0.0180. The molecule has 0 aliphatic rings. The molecule has 0 aliphatic carbocycles. The number of hydrogen-bond donors (Lipinski definition) is 2. The number of benzene rings is 2. The summed E-state index contributed by atoms with van der Waals surface area (Å²) in [6, 6.07) is 10.3. The Labute approximate surface area is 143 Å². The summed E-state index contributed by atoms with van der Waals surface area (Å²) in [6.07, 6.45) is 1.18. The molecule has 0 spiro atoms. The van der Waals surface area contributed by atoms with Crippen LogP contribution >= 0.6 is 23.2 Å². The molecular weight excluding hydrogens is 361 g/mol. The van der Waals surface area contributed by atoms with Crippen molar-refractivity contribution in [3.05, 3.63) is 69.0 Å². The average Bonchev–Trinajstić information content (AvgIpc) is 2.45. The van der Waals surface area contributed by atoms with Gasteiger partial charge in [-0.2, -0.15) is 0 Å². The number of amides is 1. The fraction of sp³-hybridized carbons (Fsp3) is 0. The Morgan fingerprint density at radius 3 is 2.48 bits per heavy atom. The first-order chi connectivity index (χ1) is 10.8. The Bertz CT molecular complexity index is 879. The lowest BCUT2D eigenvalue weighted by molar-refractivity contribution is 0.0982. The van der Waals surface area contributed by atoms with E-state index in [1.165, 1.54) is 36.4 Å². The third-order valence-corrected chi connectivity index (χ3v) is 4.29. The van der Waals surface area contributed by atoms with Crippen molar-refractivity contribution < 1.29 is 18.3 Å². The first-order valence-corrected chi connectivity index (χ1v) is 8.57. The molecule has 0 radical (unpaired) electrons. The zero-order valence-corrected chi connectivity index (χ0v) is 13.9. The summed E-state index contributed by atoms with van der Waals surface area (Å²) in [5.41, 5.74) is 0.283. The van der Waals surface area contributed by atoms with E-state index >= 15 is 0 Å². The van der Waals surface area contributed by atoms with Crippen LogP contribution in [0.4, 0.5) is 0 Å². The van der Waals surface area contributed by atoms with Crippen LogP contribution in [0.1, 0.15) is 15.9 Å². The van der Waals surface area contributed by atoms with Crippen LogP contribution < -0.4 is 4.72 Å². The maximum atomic E-state index is 12.0. The summed E-state index contributed by atoms with van der Waals surface area (Å²) in [5.74, 6) is -0.959. The molecule has 0 aliphatic heterocycles. The monoisotopic (exact) mass is 371 g/mol. The molecule has 0 fully saturated rings. The SMILES string of the molecule is O=C(NS(=O)(=O)C=Cc1ccccc1O)c1ccc(Cl)cc1Cl. The highest BCUT2D eigenvalue weighted by Crippen LogP contribution is 2.21. The van der Waals surface area contributed by atoms with Crippen molar-refractivity contribution in [2.75, 3.05) is 0 Å². The molecule has 2 N–H and O–H groups in total. The lowest BCUT2D eigenvalue weighted by Crippen LogP contribution is -2.29. The second-order valence-corrected chi connectivity index (χ2v) is 6.87. The lowest BCUT2D eigenvalue weighted by Gasteiger charge is -2.05. The molecule has 0 saturated carbocycles.